The van der Waals surface area contributed by atoms with Gasteiger partial charge in [-0.05, 0) is 61.5 Å². The molecule has 0 saturated heterocycles. The number of hydrogen-bond donors (Lipinski definition) is 2. The molecule has 0 atom stereocenters. The van der Waals surface area contributed by atoms with Crippen molar-refractivity contribution in [2.24, 2.45) is 5.92 Å². The molecule has 1 heterocycles. The second-order valence-corrected chi connectivity index (χ2v) is 6.82. The van der Waals surface area contributed by atoms with Gasteiger partial charge >= 0.3 is 5.97 Å². The molecule has 1 aromatic heterocycles. The molecule has 2 N–H and O–H groups in total. The number of aromatic nitrogens is 1. The second kappa shape index (κ2) is 6.64. The van der Waals surface area contributed by atoms with Gasteiger partial charge in [-0.2, -0.15) is 0 Å². The Labute approximate surface area is 132 Å². The minimum Gasteiger partial charge on any atom is -0.481 e. The Morgan fingerprint density at radius 2 is 1.95 bits per heavy atom. The molecule has 0 aromatic carbocycles. The first-order chi connectivity index (χ1) is 9.88. The second-order valence-electron chi connectivity index (χ2n) is 5.90. The van der Waals surface area contributed by atoms with E-state index in [4.69, 9.17) is 5.11 Å². The van der Waals surface area contributed by atoms with Crippen molar-refractivity contribution >= 4 is 27.8 Å². The summed E-state index contributed by atoms with van der Waals surface area (Å²) in [4.78, 5) is 23.3. The van der Waals surface area contributed by atoms with Crippen LogP contribution in [0.2, 0.25) is 0 Å². The van der Waals surface area contributed by atoms with Crippen LogP contribution < -0.4 is 5.32 Å². The SMILES string of the molecule is CC(C)n1cc(Br)cc1C(=O)NC1CCC(C(=O)O)CC1. The lowest BCUT2D eigenvalue weighted by Gasteiger charge is -2.27. The van der Waals surface area contributed by atoms with Crippen LogP contribution in [0.15, 0.2) is 16.7 Å². The fourth-order valence-corrected chi connectivity index (χ4v) is 3.24. The Morgan fingerprint density at radius 3 is 2.48 bits per heavy atom. The van der Waals surface area contributed by atoms with Crippen LogP contribution in [0.25, 0.3) is 0 Å². The summed E-state index contributed by atoms with van der Waals surface area (Å²) in [5, 5.41) is 12.0. The van der Waals surface area contributed by atoms with Gasteiger partial charge in [-0.1, -0.05) is 0 Å². The van der Waals surface area contributed by atoms with Crippen molar-refractivity contribution in [2.45, 2.75) is 51.6 Å². The molecule has 1 aliphatic carbocycles. The minimum absolute atomic E-state index is 0.0717. The molecule has 1 fully saturated rings. The number of aliphatic carboxylic acids is 1. The van der Waals surface area contributed by atoms with Crippen LogP contribution in [0.5, 0.6) is 0 Å². The molecule has 0 unspecified atom stereocenters. The summed E-state index contributed by atoms with van der Waals surface area (Å²) in [5.41, 5.74) is 0.636. The quantitative estimate of drug-likeness (QED) is 0.869. The van der Waals surface area contributed by atoms with Crippen molar-refractivity contribution in [1.82, 2.24) is 9.88 Å². The summed E-state index contributed by atoms with van der Waals surface area (Å²) in [6.07, 6.45) is 4.63. The smallest absolute Gasteiger partial charge is 0.306 e. The van der Waals surface area contributed by atoms with Crippen LogP contribution in [-0.2, 0) is 4.79 Å². The van der Waals surface area contributed by atoms with E-state index in [9.17, 15) is 9.59 Å². The molecule has 21 heavy (non-hydrogen) atoms. The van der Waals surface area contributed by atoms with E-state index in [0.717, 1.165) is 17.3 Å². The molecular formula is C15H21BrN2O3. The summed E-state index contributed by atoms with van der Waals surface area (Å²) >= 11 is 3.40. The summed E-state index contributed by atoms with van der Waals surface area (Å²) in [6.45, 7) is 4.06. The Morgan fingerprint density at radius 1 is 1.33 bits per heavy atom. The third kappa shape index (κ3) is 3.87. The standard InChI is InChI=1S/C15H21BrN2O3/c1-9(2)18-8-11(16)7-13(18)14(19)17-12-5-3-10(4-6-12)15(20)21/h7-10,12H,3-6H2,1-2H3,(H,17,19)(H,20,21). The average molecular weight is 357 g/mol. The average Bonchev–Trinajstić information content (AvgIpc) is 2.82. The fourth-order valence-electron chi connectivity index (χ4n) is 2.80. The maximum Gasteiger partial charge on any atom is 0.306 e. The van der Waals surface area contributed by atoms with Crippen molar-refractivity contribution in [1.29, 1.82) is 0 Å². The highest BCUT2D eigenvalue weighted by Gasteiger charge is 2.27. The summed E-state index contributed by atoms with van der Waals surface area (Å²) in [6, 6.07) is 2.10. The molecule has 0 aliphatic heterocycles. The molecule has 0 spiro atoms. The van der Waals surface area contributed by atoms with Gasteiger partial charge in [-0.3, -0.25) is 9.59 Å². The van der Waals surface area contributed by atoms with Crippen LogP contribution in [-0.4, -0.2) is 27.6 Å². The third-order valence-corrected chi connectivity index (χ3v) is 4.45. The molecule has 0 bridgehead atoms. The lowest BCUT2D eigenvalue weighted by molar-refractivity contribution is -0.142. The molecule has 1 aromatic rings. The molecular weight excluding hydrogens is 336 g/mol. The molecule has 6 heteroatoms. The van der Waals surface area contributed by atoms with Crippen LogP contribution in [0.1, 0.15) is 56.1 Å². The first-order valence-corrected chi connectivity index (χ1v) is 8.08. The topological polar surface area (TPSA) is 71.3 Å². The number of carboxylic acids is 1. The number of rotatable bonds is 4. The largest absolute Gasteiger partial charge is 0.481 e. The van der Waals surface area contributed by atoms with Crippen molar-refractivity contribution in [3.8, 4) is 0 Å². The zero-order valence-corrected chi connectivity index (χ0v) is 13.9. The summed E-state index contributed by atoms with van der Waals surface area (Å²) in [7, 11) is 0. The van der Waals surface area contributed by atoms with E-state index in [1.807, 2.05) is 30.7 Å². The van der Waals surface area contributed by atoms with E-state index in [1.54, 1.807) is 0 Å². The summed E-state index contributed by atoms with van der Waals surface area (Å²) < 4.78 is 2.82. The van der Waals surface area contributed by atoms with Crippen molar-refractivity contribution < 1.29 is 14.7 Å². The Kier molecular flexibility index (Phi) is 5.08. The third-order valence-electron chi connectivity index (χ3n) is 4.02. The molecule has 1 amide bonds. The van der Waals surface area contributed by atoms with Crippen LogP contribution in [0, 0.1) is 5.92 Å². The van der Waals surface area contributed by atoms with Crippen molar-refractivity contribution in [3.63, 3.8) is 0 Å². The van der Waals surface area contributed by atoms with Gasteiger partial charge in [0.1, 0.15) is 5.69 Å². The maximum absolute atomic E-state index is 12.4. The van der Waals surface area contributed by atoms with E-state index in [0.29, 0.717) is 18.5 Å². The molecule has 1 aliphatic rings. The highest BCUT2D eigenvalue weighted by atomic mass is 79.9. The Hall–Kier alpha value is -1.30. The van der Waals surface area contributed by atoms with E-state index in [2.05, 4.69) is 21.2 Å². The number of halogens is 1. The first-order valence-electron chi connectivity index (χ1n) is 7.29. The predicted octanol–water partition coefficient (Wildman–Crippen LogP) is 3.20. The van der Waals surface area contributed by atoms with Gasteiger partial charge in [-0.15, -0.1) is 0 Å². The van der Waals surface area contributed by atoms with Crippen molar-refractivity contribution in [3.05, 3.63) is 22.4 Å². The van der Waals surface area contributed by atoms with Gasteiger partial charge in [-0.25, -0.2) is 0 Å². The van der Waals surface area contributed by atoms with Crippen molar-refractivity contribution in [2.75, 3.05) is 0 Å². The van der Waals surface area contributed by atoms with Crippen LogP contribution >= 0.6 is 15.9 Å². The Bertz CT molecular complexity index is 531. The van der Waals surface area contributed by atoms with E-state index in [1.165, 1.54) is 0 Å². The zero-order chi connectivity index (χ0) is 15.6. The lowest BCUT2D eigenvalue weighted by atomic mass is 9.86. The number of carbonyl (C=O) groups is 2. The molecule has 1 saturated carbocycles. The number of carboxylic acid groups (broad SMARTS) is 1. The van der Waals surface area contributed by atoms with Gasteiger partial charge in [0.05, 0.1) is 5.92 Å². The molecule has 0 radical (unpaired) electrons. The first kappa shape index (κ1) is 16.1. The van der Waals surface area contributed by atoms with Gasteiger partial charge in [0, 0.05) is 22.8 Å². The predicted molar refractivity (Wildman–Crippen MR) is 83.4 cm³/mol. The highest BCUT2D eigenvalue weighted by Crippen LogP contribution is 2.25. The Balaban J connectivity index is 1.98. The van der Waals surface area contributed by atoms with Gasteiger partial charge in [0.25, 0.3) is 5.91 Å². The van der Waals surface area contributed by atoms with E-state index in [-0.39, 0.29) is 23.9 Å². The minimum atomic E-state index is -0.725. The fraction of sp³-hybridized carbons (Fsp3) is 0.600. The number of hydrogen-bond acceptors (Lipinski definition) is 2. The lowest BCUT2D eigenvalue weighted by Crippen LogP contribution is -2.39. The van der Waals surface area contributed by atoms with E-state index < -0.39 is 5.97 Å². The monoisotopic (exact) mass is 356 g/mol. The molecule has 2 rings (SSSR count). The normalized spacial score (nSPS) is 22.3. The number of amides is 1. The number of nitrogens with zero attached hydrogens (tertiary/aromatic N) is 1. The van der Waals surface area contributed by atoms with Gasteiger partial charge in [0.15, 0.2) is 0 Å². The number of nitrogens with one attached hydrogen (secondary N) is 1. The highest BCUT2D eigenvalue weighted by molar-refractivity contribution is 9.10. The number of carbonyl (C=O) groups excluding carboxylic acids is 1. The van der Waals surface area contributed by atoms with Crippen LogP contribution in [0.4, 0.5) is 0 Å². The summed E-state index contributed by atoms with van der Waals surface area (Å²) in [5.74, 6) is -1.07. The van der Waals surface area contributed by atoms with Crippen LogP contribution in [0.3, 0.4) is 0 Å². The molecule has 116 valence electrons. The van der Waals surface area contributed by atoms with Gasteiger partial charge in [0.2, 0.25) is 0 Å². The zero-order valence-electron chi connectivity index (χ0n) is 12.3. The molecule has 5 nitrogen and oxygen atoms in total. The van der Waals surface area contributed by atoms with Gasteiger partial charge < -0.3 is 15.0 Å². The van der Waals surface area contributed by atoms with E-state index >= 15 is 0 Å². The maximum atomic E-state index is 12.4.